The highest BCUT2D eigenvalue weighted by atomic mass is 32.2. The molecule has 1 aromatic heterocycles. The average molecular weight is 712 g/mol. The van der Waals surface area contributed by atoms with Crippen LogP contribution < -0.4 is 9.62 Å². The lowest BCUT2D eigenvalue weighted by Gasteiger charge is -2.52. The molecule has 3 aliphatic carbocycles. The van der Waals surface area contributed by atoms with Gasteiger partial charge in [-0.2, -0.15) is 8.42 Å². The molecule has 12 heteroatoms. The van der Waals surface area contributed by atoms with E-state index in [4.69, 9.17) is 6.42 Å². The second kappa shape index (κ2) is 12.5. The van der Waals surface area contributed by atoms with Gasteiger partial charge in [0.25, 0.3) is 5.91 Å². The summed E-state index contributed by atoms with van der Waals surface area (Å²) in [6, 6.07) is 14.6. The Labute approximate surface area is 299 Å². The Bertz CT molecular complexity index is 2060. The second-order valence-electron chi connectivity index (χ2n) is 15.4. The Balaban J connectivity index is 1.01. The molecule has 268 valence electrons. The van der Waals surface area contributed by atoms with E-state index in [1.54, 1.807) is 15.9 Å². The number of fused-ring (bicyclic) bond motifs is 6. The van der Waals surface area contributed by atoms with Crippen molar-refractivity contribution in [2.24, 2.45) is 17.3 Å². The number of carbonyl (C=O) groups is 2. The first-order valence-electron chi connectivity index (χ1n) is 18.2. The number of aryl methyl sites for hydroxylation is 1. The summed E-state index contributed by atoms with van der Waals surface area (Å²) in [7, 11) is -4.54. The van der Waals surface area contributed by atoms with Gasteiger partial charge in [-0.15, -0.1) is 6.42 Å². The normalized spacial score (nSPS) is 30.4. The van der Waals surface area contributed by atoms with Crippen LogP contribution >= 0.6 is 0 Å². The summed E-state index contributed by atoms with van der Waals surface area (Å²) in [4.78, 5) is 37.7. The quantitative estimate of drug-likeness (QED) is 0.257. The van der Waals surface area contributed by atoms with Crippen LogP contribution in [0.5, 0.6) is 0 Å². The van der Waals surface area contributed by atoms with Crippen molar-refractivity contribution in [3.8, 4) is 12.3 Å². The van der Waals surface area contributed by atoms with Crippen molar-refractivity contribution in [3.05, 3.63) is 65.4 Å². The second-order valence-corrected chi connectivity index (χ2v) is 16.6. The SMILES string of the molecule is C#C[C@]1(O)CC[C@H]2[C@@H]3CCc4cc(NS(=O)(=O)O)c(N5CCN(C(=O)[C@@H]6CCCN6C(=O)c6ccc7ccccc7n6)CC5)cc4[C@H]3CC[C@@]21C. The highest BCUT2D eigenvalue weighted by molar-refractivity contribution is 7.87. The Morgan fingerprint density at radius 2 is 1.78 bits per heavy atom. The molecule has 11 nitrogen and oxygen atoms in total. The number of hydrogen-bond donors (Lipinski definition) is 3. The number of likely N-dealkylation sites (tertiary alicyclic amines) is 1. The predicted molar refractivity (Wildman–Crippen MR) is 195 cm³/mol. The van der Waals surface area contributed by atoms with Crippen LogP contribution in [-0.2, 0) is 21.5 Å². The zero-order chi connectivity index (χ0) is 35.7. The number of aliphatic hydroxyl groups is 1. The first-order valence-corrected chi connectivity index (χ1v) is 19.7. The summed E-state index contributed by atoms with van der Waals surface area (Å²) in [6.45, 7) is 4.38. The molecular weight excluding hydrogens is 667 g/mol. The summed E-state index contributed by atoms with van der Waals surface area (Å²) in [6.07, 6.45) is 12.1. The number of nitrogens with one attached hydrogen (secondary N) is 1. The van der Waals surface area contributed by atoms with Gasteiger partial charge in [-0.05, 0) is 105 Å². The minimum Gasteiger partial charge on any atom is -0.377 e. The summed E-state index contributed by atoms with van der Waals surface area (Å²) >= 11 is 0. The molecule has 0 bridgehead atoms. The summed E-state index contributed by atoms with van der Waals surface area (Å²) in [5, 5.41) is 12.3. The zero-order valence-electron chi connectivity index (χ0n) is 28.9. The van der Waals surface area contributed by atoms with Crippen LogP contribution in [0.4, 0.5) is 11.4 Å². The van der Waals surface area contributed by atoms with Gasteiger partial charge in [-0.25, -0.2) is 4.98 Å². The molecule has 3 heterocycles. The number of carbonyl (C=O) groups excluding carboxylic acids is 2. The van der Waals surface area contributed by atoms with Gasteiger partial charge in [-0.1, -0.05) is 37.1 Å². The third-order valence-electron chi connectivity index (χ3n) is 13.0. The smallest absolute Gasteiger partial charge is 0.357 e. The number of terminal acetylenes is 1. The highest BCUT2D eigenvalue weighted by Gasteiger charge is 2.61. The molecule has 2 saturated carbocycles. The fraction of sp³-hybridized carbons (Fsp3) is 0.513. The van der Waals surface area contributed by atoms with Crippen molar-refractivity contribution in [2.75, 3.05) is 42.3 Å². The van der Waals surface area contributed by atoms with Crippen molar-refractivity contribution < 1.29 is 27.7 Å². The predicted octanol–water partition coefficient (Wildman–Crippen LogP) is 4.62. The lowest BCUT2D eigenvalue weighted by molar-refractivity contribution is -0.135. The Hall–Kier alpha value is -4.18. The molecule has 2 amide bonds. The van der Waals surface area contributed by atoms with E-state index < -0.39 is 21.9 Å². The third kappa shape index (κ3) is 5.74. The zero-order valence-corrected chi connectivity index (χ0v) is 29.7. The van der Waals surface area contributed by atoms with Gasteiger partial charge >= 0.3 is 10.3 Å². The summed E-state index contributed by atoms with van der Waals surface area (Å²) in [5.41, 5.74) is 2.91. The third-order valence-corrected chi connectivity index (χ3v) is 13.5. The van der Waals surface area contributed by atoms with E-state index in [9.17, 15) is 27.7 Å². The molecule has 2 saturated heterocycles. The molecule has 3 N–H and O–H groups in total. The monoisotopic (exact) mass is 711 g/mol. The fourth-order valence-corrected chi connectivity index (χ4v) is 10.8. The number of anilines is 2. The maximum Gasteiger partial charge on any atom is 0.357 e. The highest BCUT2D eigenvalue weighted by Crippen LogP contribution is 2.64. The lowest BCUT2D eigenvalue weighted by atomic mass is 9.53. The molecule has 0 radical (unpaired) electrons. The van der Waals surface area contributed by atoms with Crippen LogP contribution in [0.15, 0.2) is 48.5 Å². The van der Waals surface area contributed by atoms with Crippen LogP contribution in [0.25, 0.3) is 10.9 Å². The van der Waals surface area contributed by atoms with E-state index in [1.807, 2.05) is 36.4 Å². The molecule has 0 unspecified atom stereocenters. The molecule has 3 aromatic rings. The molecular formula is C39H45N5O6S. The van der Waals surface area contributed by atoms with E-state index in [2.05, 4.69) is 33.5 Å². The number of amides is 2. The van der Waals surface area contributed by atoms with Crippen molar-refractivity contribution >= 4 is 44.4 Å². The lowest BCUT2D eigenvalue weighted by Crippen LogP contribution is -2.54. The number of nitrogens with zero attached hydrogens (tertiary/aromatic N) is 4. The number of hydrogen-bond acceptors (Lipinski definition) is 7. The fourth-order valence-electron chi connectivity index (χ4n) is 10.3. The van der Waals surface area contributed by atoms with Gasteiger partial charge in [0.2, 0.25) is 5.91 Å². The topological polar surface area (TPSA) is 143 Å². The van der Waals surface area contributed by atoms with Crippen molar-refractivity contribution in [2.45, 2.75) is 75.9 Å². The number of aromatic nitrogens is 1. The number of benzene rings is 2. The van der Waals surface area contributed by atoms with Gasteiger partial charge in [0.1, 0.15) is 17.3 Å². The minimum absolute atomic E-state index is 0.0837. The maximum absolute atomic E-state index is 13.9. The summed E-state index contributed by atoms with van der Waals surface area (Å²) < 4.78 is 36.4. The molecule has 4 fully saturated rings. The molecule has 2 aromatic carbocycles. The molecule has 6 atom stereocenters. The number of para-hydroxylation sites is 1. The molecule has 8 rings (SSSR count). The van der Waals surface area contributed by atoms with Gasteiger partial charge in [0, 0.05) is 43.5 Å². The van der Waals surface area contributed by atoms with Crippen LogP contribution in [0.2, 0.25) is 0 Å². The van der Waals surface area contributed by atoms with E-state index in [0.29, 0.717) is 74.5 Å². The standard InChI is InChI=1S/C39H45N5O6S/c1-3-39(47)17-15-30-28-12-10-26-23-33(41-51(48,49)50)35(24-29(26)27(28)14-16-38(30,39)2)42-19-21-43(22-20-42)37(46)34-9-6-18-44(34)36(45)32-13-11-25-7-4-5-8-31(25)40-32/h1,4-5,7-8,11,13,23-24,27-28,30,34,41,47H,6,9-10,12,14-22H2,2H3,(H,48,49,50)/t27-,28+,30-,34-,38-,39-/m0/s1. The van der Waals surface area contributed by atoms with Gasteiger partial charge < -0.3 is 19.8 Å². The minimum atomic E-state index is -4.54. The van der Waals surface area contributed by atoms with E-state index in [-0.39, 0.29) is 23.1 Å². The molecule has 5 aliphatic rings. The average Bonchev–Trinajstić information content (AvgIpc) is 3.72. The van der Waals surface area contributed by atoms with Crippen LogP contribution in [-0.4, -0.2) is 89.0 Å². The van der Waals surface area contributed by atoms with Crippen LogP contribution in [0.1, 0.15) is 79.4 Å². The van der Waals surface area contributed by atoms with Gasteiger partial charge in [0.05, 0.1) is 16.9 Å². The van der Waals surface area contributed by atoms with Crippen molar-refractivity contribution in [3.63, 3.8) is 0 Å². The van der Waals surface area contributed by atoms with Crippen LogP contribution in [0.3, 0.4) is 0 Å². The molecule has 51 heavy (non-hydrogen) atoms. The number of pyridine rings is 1. The van der Waals surface area contributed by atoms with E-state index in [1.165, 1.54) is 5.56 Å². The van der Waals surface area contributed by atoms with E-state index >= 15 is 0 Å². The first kappa shape index (κ1) is 33.9. The Morgan fingerprint density at radius 1 is 1.00 bits per heavy atom. The first-order chi connectivity index (χ1) is 24.4. The number of rotatable bonds is 5. The largest absolute Gasteiger partial charge is 0.377 e. The molecule has 2 aliphatic heterocycles. The van der Waals surface area contributed by atoms with E-state index in [0.717, 1.165) is 55.0 Å². The molecule has 0 spiro atoms. The van der Waals surface area contributed by atoms with Gasteiger partial charge in [0.15, 0.2) is 0 Å². The number of piperazine rings is 1. The summed E-state index contributed by atoms with van der Waals surface area (Å²) in [5.74, 6) is 3.34. The Kier molecular flexibility index (Phi) is 8.32. The van der Waals surface area contributed by atoms with Crippen molar-refractivity contribution in [1.82, 2.24) is 14.8 Å². The van der Waals surface area contributed by atoms with Crippen LogP contribution in [0, 0.1) is 29.6 Å². The maximum atomic E-state index is 13.9. The van der Waals surface area contributed by atoms with Crippen molar-refractivity contribution in [1.29, 1.82) is 0 Å². The Morgan fingerprint density at radius 3 is 2.55 bits per heavy atom. The van der Waals surface area contributed by atoms with Gasteiger partial charge in [-0.3, -0.25) is 18.9 Å².